The van der Waals surface area contributed by atoms with Gasteiger partial charge in [-0.2, -0.15) is 5.10 Å². The normalized spacial score (nSPS) is 15.6. The molecule has 0 N–H and O–H groups in total. The molecule has 3 heterocycles. The largest absolute Gasteiger partial charge is 0.354 e. The highest BCUT2D eigenvalue weighted by Gasteiger charge is 2.39. The summed E-state index contributed by atoms with van der Waals surface area (Å²) in [5.41, 5.74) is 2.89. The maximum atomic E-state index is 12.2. The van der Waals surface area contributed by atoms with Gasteiger partial charge in [0.2, 0.25) is 10.0 Å². The van der Waals surface area contributed by atoms with Gasteiger partial charge in [0, 0.05) is 44.8 Å². The quantitative estimate of drug-likeness (QED) is 0.699. The molecule has 1 aliphatic rings. The molecule has 0 unspecified atom stereocenters. The molecule has 3 aromatic rings. The van der Waals surface area contributed by atoms with Gasteiger partial charge in [0.1, 0.15) is 11.1 Å². The molecule has 0 spiro atoms. The number of hydrogen-bond donors (Lipinski definition) is 0. The molecule has 0 saturated carbocycles. The van der Waals surface area contributed by atoms with Gasteiger partial charge in [0.15, 0.2) is 0 Å². The number of pyridine rings is 1. The molecule has 1 aliphatic heterocycles. The number of benzene rings is 1. The Morgan fingerprint density at radius 2 is 1.85 bits per heavy atom. The molecule has 8 heteroatoms. The number of anilines is 1. The third-order valence-corrected chi connectivity index (χ3v) is 7.04. The molecule has 2 aromatic heterocycles. The molecule has 1 saturated heterocycles. The van der Waals surface area contributed by atoms with Crippen molar-refractivity contribution >= 4 is 26.7 Å². The molecule has 0 radical (unpaired) electrons. The second kappa shape index (κ2) is 6.07. The van der Waals surface area contributed by atoms with Gasteiger partial charge in [-0.15, -0.1) is 0 Å². The first kappa shape index (κ1) is 17.0. The summed E-state index contributed by atoms with van der Waals surface area (Å²) in [5.74, 6) is 0.764. The van der Waals surface area contributed by atoms with Crippen LogP contribution >= 0.6 is 0 Å². The zero-order valence-electron chi connectivity index (χ0n) is 15.0. The van der Waals surface area contributed by atoms with Crippen LogP contribution in [0.5, 0.6) is 0 Å². The van der Waals surface area contributed by atoms with E-state index in [1.54, 1.807) is 14.1 Å². The summed E-state index contributed by atoms with van der Waals surface area (Å²) in [6, 6.07) is 11.9. The smallest absolute Gasteiger partial charge is 0.219 e. The highest BCUT2D eigenvalue weighted by atomic mass is 32.2. The average Bonchev–Trinajstić information content (AvgIpc) is 2.90. The first-order valence-electron chi connectivity index (χ1n) is 8.45. The van der Waals surface area contributed by atoms with Gasteiger partial charge in [-0.1, -0.05) is 18.2 Å². The van der Waals surface area contributed by atoms with E-state index in [-0.39, 0.29) is 5.25 Å². The molecule has 0 atom stereocenters. The summed E-state index contributed by atoms with van der Waals surface area (Å²) >= 11 is 0. The van der Waals surface area contributed by atoms with Gasteiger partial charge in [-0.05, 0) is 19.1 Å². The van der Waals surface area contributed by atoms with Crippen LogP contribution in [-0.4, -0.2) is 59.9 Å². The van der Waals surface area contributed by atoms with Crippen LogP contribution in [0.2, 0.25) is 0 Å². The van der Waals surface area contributed by atoms with E-state index in [9.17, 15) is 8.42 Å². The van der Waals surface area contributed by atoms with Crippen molar-refractivity contribution in [3.8, 4) is 5.69 Å². The number of aromatic nitrogens is 3. The van der Waals surface area contributed by atoms with E-state index in [1.807, 2.05) is 59.1 Å². The summed E-state index contributed by atoms with van der Waals surface area (Å²) in [4.78, 5) is 6.50. The topological polar surface area (TPSA) is 71.3 Å². The third kappa shape index (κ3) is 2.65. The summed E-state index contributed by atoms with van der Waals surface area (Å²) in [6.45, 7) is 2.93. The average molecular weight is 371 g/mol. The van der Waals surface area contributed by atoms with Gasteiger partial charge in [0.25, 0.3) is 0 Å². The molecular weight excluding hydrogens is 350 g/mol. The van der Waals surface area contributed by atoms with E-state index >= 15 is 0 Å². The van der Waals surface area contributed by atoms with E-state index in [0.29, 0.717) is 13.1 Å². The molecule has 136 valence electrons. The predicted octanol–water partition coefficient (Wildman–Crippen LogP) is 1.81. The standard InChI is InChI=1S/C18H21N5O2S/c1-13-16-10-19-18(22-11-15(12-22)26(24,25)21(2)3)9-17(16)20-23(13)14-7-5-4-6-8-14/h4-10,15H,11-12H2,1-3H3. The van der Waals surface area contributed by atoms with Crippen molar-refractivity contribution < 1.29 is 8.42 Å². The minimum absolute atomic E-state index is 0.376. The number of hydrogen-bond acceptors (Lipinski definition) is 5. The first-order chi connectivity index (χ1) is 12.4. The van der Waals surface area contributed by atoms with Crippen molar-refractivity contribution in [2.45, 2.75) is 12.2 Å². The van der Waals surface area contributed by atoms with Crippen LogP contribution in [0.1, 0.15) is 5.69 Å². The van der Waals surface area contributed by atoms with Crippen molar-refractivity contribution in [2.24, 2.45) is 0 Å². The third-order valence-electron chi connectivity index (χ3n) is 4.89. The Hall–Kier alpha value is -2.45. The molecule has 26 heavy (non-hydrogen) atoms. The Kier molecular flexibility index (Phi) is 3.96. The second-order valence-electron chi connectivity index (χ2n) is 6.75. The van der Waals surface area contributed by atoms with E-state index in [2.05, 4.69) is 4.98 Å². The summed E-state index contributed by atoms with van der Waals surface area (Å²) < 4.78 is 27.5. The molecule has 7 nitrogen and oxygen atoms in total. The fourth-order valence-electron chi connectivity index (χ4n) is 3.20. The molecule has 1 aromatic carbocycles. The summed E-state index contributed by atoms with van der Waals surface area (Å²) in [6.07, 6.45) is 1.82. The van der Waals surface area contributed by atoms with Crippen molar-refractivity contribution in [2.75, 3.05) is 32.1 Å². The Morgan fingerprint density at radius 3 is 2.50 bits per heavy atom. The van der Waals surface area contributed by atoms with Gasteiger partial charge >= 0.3 is 0 Å². The summed E-state index contributed by atoms with van der Waals surface area (Å²) in [5, 5.41) is 5.32. The lowest BCUT2D eigenvalue weighted by Crippen LogP contribution is -2.57. The lowest BCUT2D eigenvalue weighted by Gasteiger charge is -2.40. The number of aryl methyl sites for hydroxylation is 1. The summed E-state index contributed by atoms with van der Waals surface area (Å²) in [7, 11) is -0.0766. The SMILES string of the molecule is Cc1c2cnc(N3CC(S(=O)(=O)N(C)C)C3)cc2nn1-c1ccccc1. The Morgan fingerprint density at radius 1 is 1.15 bits per heavy atom. The highest BCUT2D eigenvalue weighted by molar-refractivity contribution is 7.89. The van der Waals surface area contributed by atoms with Gasteiger partial charge in [0.05, 0.1) is 16.9 Å². The van der Waals surface area contributed by atoms with Crippen LogP contribution in [0.15, 0.2) is 42.6 Å². The lowest BCUT2D eigenvalue weighted by atomic mass is 10.2. The van der Waals surface area contributed by atoms with Crippen LogP contribution in [0, 0.1) is 6.92 Å². The molecule has 0 amide bonds. The second-order valence-corrected chi connectivity index (χ2v) is 9.17. The zero-order chi connectivity index (χ0) is 18.5. The van der Waals surface area contributed by atoms with Crippen LogP contribution in [0.4, 0.5) is 5.82 Å². The molecule has 0 bridgehead atoms. The maximum Gasteiger partial charge on any atom is 0.219 e. The number of fused-ring (bicyclic) bond motifs is 1. The lowest BCUT2D eigenvalue weighted by molar-refractivity contribution is 0.479. The van der Waals surface area contributed by atoms with E-state index in [0.717, 1.165) is 28.1 Å². The van der Waals surface area contributed by atoms with E-state index in [4.69, 9.17) is 5.10 Å². The van der Waals surface area contributed by atoms with Crippen molar-refractivity contribution in [3.63, 3.8) is 0 Å². The Balaban J connectivity index is 1.62. The molecule has 4 rings (SSSR count). The van der Waals surface area contributed by atoms with Crippen molar-refractivity contribution in [1.29, 1.82) is 0 Å². The zero-order valence-corrected chi connectivity index (χ0v) is 15.8. The van der Waals surface area contributed by atoms with Crippen LogP contribution in [0.3, 0.4) is 0 Å². The number of nitrogens with zero attached hydrogens (tertiary/aromatic N) is 5. The fraction of sp³-hybridized carbons (Fsp3) is 0.333. The Labute approximate surface area is 152 Å². The number of para-hydroxylation sites is 1. The molecule has 0 aliphatic carbocycles. The minimum atomic E-state index is -3.22. The highest BCUT2D eigenvalue weighted by Crippen LogP contribution is 2.28. The van der Waals surface area contributed by atoms with E-state index < -0.39 is 10.0 Å². The molecular formula is C18H21N5O2S. The van der Waals surface area contributed by atoms with Gasteiger partial charge < -0.3 is 4.90 Å². The van der Waals surface area contributed by atoms with Crippen LogP contribution in [-0.2, 0) is 10.0 Å². The minimum Gasteiger partial charge on any atom is -0.354 e. The van der Waals surface area contributed by atoms with Gasteiger partial charge in [-0.25, -0.2) is 22.4 Å². The maximum absolute atomic E-state index is 12.2. The van der Waals surface area contributed by atoms with Crippen LogP contribution in [0.25, 0.3) is 16.6 Å². The fourth-order valence-corrected chi connectivity index (χ4v) is 4.53. The van der Waals surface area contributed by atoms with E-state index in [1.165, 1.54) is 4.31 Å². The monoisotopic (exact) mass is 371 g/mol. The predicted molar refractivity (Wildman–Crippen MR) is 102 cm³/mol. The number of sulfonamides is 1. The first-order valence-corrected chi connectivity index (χ1v) is 9.95. The van der Waals surface area contributed by atoms with Gasteiger partial charge in [-0.3, -0.25) is 0 Å². The van der Waals surface area contributed by atoms with Crippen molar-refractivity contribution in [3.05, 3.63) is 48.3 Å². The van der Waals surface area contributed by atoms with Crippen molar-refractivity contribution in [1.82, 2.24) is 19.1 Å². The Bertz CT molecular complexity index is 1050. The molecule has 1 fully saturated rings. The number of rotatable bonds is 4. The van der Waals surface area contributed by atoms with Crippen LogP contribution < -0.4 is 4.90 Å².